The Balaban J connectivity index is 1.94. The maximum absolute atomic E-state index is 5.93. The average Bonchev–Trinajstić information content (AvgIpc) is 2.95. The fourth-order valence-corrected chi connectivity index (χ4v) is 2.65. The molecule has 1 aliphatic heterocycles. The van der Waals surface area contributed by atoms with Crippen LogP contribution in [-0.2, 0) is 0 Å². The van der Waals surface area contributed by atoms with Crippen LogP contribution in [-0.4, -0.2) is 21.7 Å². The van der Waals surface area contributed by atoms with Gasteiger partial charge in [-0.3, -0.25) is 0 Å². The molecule has 0 aromatic carbocycles. The maximum atomic E-state index is 5.93. The van der Waals surface area contributed by atoms with Crippen LogP contribution < -0.4 is 10.6 Å². The summed E-state index contributed by atoms with van der Waals surface area (Å²) >= 11 is 5.93. The van der Waals surface area contributed by atoms with Crippen molar-refractivity contribution < 1.29 is 4.52 Å². The van der Waals surface area contributed by atoms with Gasteiger partial charge in [0.05, 0.1) is 6.04 Å². The zero-order chi connectivity index (χ0) is 13.4. The van der Waals surface area contributed by atoms with E-state index >= 15 is 0 Å². The standard InChI is InChI=1S/C12H14ClN5O/c1-7-5-8(17-19-7)9-3-2-4-18(9)11-6-10(13)15-12(14)16-11/h5-6,9H,2-4H2,1H3,(H2,14,15,16)/t9-/m0/s1. The van der Waals surface area contributed by atoms with Gasteiger partial charge in [-0.1, -0.05) is 16.8 Å². The van der Waals surface area contributed by atoms with Gasteiger partial charge in [-0.15, -0.1) is 0 Å². The lowest BCUT2D eigenvalue weighted by Gasteiger charge is -2.24. The zero-order valence-corrected chi connectivity index (χ0v) is 11.3. The summed E-state index contributed by atoms with van der Waals surface area (Å²) in [7, 11) is 0. The smallest absolute Gasteiger partial charge is 0.223 e. The SMILES string of the molecule is Cc1cc([C@@H]2CCCN2c2cc(Cl)nc(N)n2)no1. The number of aryl methyl sites for hydroxylation is 1. The first-order valence-electron chi connectivity index (χ1n) is 6.13. The molecule has 0 unspecified atom stereocenters. The van der Waals surface area contributed by atoms with E-state index in [4.69, 9.17) is 21.9 Å². The van der Waals surface area contributed by atoms with Crippen molar-refractivity contribution >= 4 is 23.4 Å². The number of hydrogen-bond acceptors (Lipinski definition) is 6. The van der Waals surface area contributed by atoms with Crippen molar-refractivity contribution in [3.05, 3.63) is 28.7 Å². The van der Waals surface area contributed by atoms with Crippen LogP contribution in [0.25, 0.3) is 0 Å². The highest BCUT2D eigenvalue weighted by atomic mass is 35.5. The van der Waals surface area contributed by atoms with Crippen LogP contribution in [0.3, 0.4) is 0 Å². The lowest BCUT2D eigenvalue weighted by molar-refractivity contribution is 0.385. The van der Waals surface area contributed by atoms with E-state index in [-0.39, 0.29) is 12.0 Å². The van der Waals surface area contributed by atoms with Gasteiger partial charge >= 0.3 is 0 Å². The van der Waals surface area contributed by atoms with Crippen LogP contribution in [0.4, 0.5) is 11.8 Å². The van der Waals surface area contributed by atoms with Crippen molar-refractivity contribution in [3.8, 4) is 0 Å². The molecule has 100 valence electrons. The lowest BCUT2D eigenvalue weighted by atomic mass is 10.1. The minimum absolute atomic E-state index is 0.155. The highest BCUT2D eigenvalue weighted by Crippen LogP contribution is 2.35. The summed E-state index contributed by atoms with van der Waals surface area (Å²) in [5, 5.41) is 4.45. The van der Waals surface area contributed by atoms with E-state index < -0.39 is 0 Å². The van der Waals surface area contributed by atoms with E-state index in [1.165, 1.54) is 0 Å². The molecule has 3 heterocycles. The Morgan fingerprint density at radius 3 is 2.95 bits per heavy atom. The second-order valence-corrected chi connectivity index (χ2v) is 5.01. The Labute approximate surface area is 115 Å². The molecule has 1 aliphatic rings. The van der Waals surface area contributed by atoms with Crippen molar-refractivity contribution in [1.29, 1.82) is 0 Å². The molecule has 0 aliphatic carbocycles. The molecule has 0 amide bonds. The van der Waals surface area contributed by atoms with Crippen molar-refractivity contribution in [3.63, 3.8) is 0 Å². The molecule has 0 bridgehead atoms. The number of aromatic nitrogens is 3. The predicted molar refractivity (Wildman–Crippen MR) is 72.0 cm³/mol. The van der Waals surface area contributed by atoms with E-state index in [2.05, 4.69) is 20.0 Å². The summed E-state index contributed by atoms with van der Waals surface area (Å²) in [4.78, 5) is 10.3. The quantitative estimate of drug-likeness (QED) is 0.850. The molecular weight excluding hydrogens is 266 g/mol. The Morgan fingerprint density at radius 2 is 2.26 bits per heavy atom. The molecule has 0 saturated carbocycles. The van der Waals surface area contributed by atoms with Crippen LogP contribution in [0.15, 0.2) is 16.7 Å². The molecule has 7 heteroatoms. The van der Waals surface area contributed by atoms with Gasteiger partial charge in [0.25, 0.3) is 0 Å². The van der Waals surface area contributed by atoms with Gasteiger partial charge in [0.1, 0.15) is 22.4 Å². The van der Waals surface area contributed by atoms with Crippen LogP contribution in [0.1, 0.15) is 30.3 Å². The summed E-state index contributed by atoms with van der Waals surface area (Å²) < 4.78 is 5.15. The number of halogens is 1. The monoisotopic (exact) mass is 279 g/mol. The van der Waals surface area contributed by atoms with Crippen molar-refractivity contribution in [2.45, 2.75) is 25.8 Å². The van der Waals surface area contributed by atoms with Crippen molar-refractivity contribution in [2.75, 3.05) is 17.2 Å². The molecule has 1 atom stereocenters. The Bertz CT molecular complexity index is 579. The van der Waals surface area contributed by atoms with Gasteiger partial charge in [0.2, 0.25) is 5.95 Å². The van der Waals surface area contributed by atoms with Gasteiger partial charge in [-0.05, 0) is 19.8 Å². The summed E-state index contributed by atoms with van der Waals surface area (Å²) in [5.74, 6) is 1.73. The number of nitrogens with zero attached hydrogens (tertiary/aromatic N) is 4. The predicted octanol–water partition coefficient (Wildman–Crippen LogP) is 2.35. The number of anilines is 2. The summed E-state index contributed by atoms with van der Waals surface area (Å²) in [6.07, 6.45) is 2.08. The van der Waals surface area contributed by atoms with Gasteiger partial charge in [0.15, 0.2) is 0 Å². The normalized spacial score (nSPS) is 19.1. The highest BCUT2D eigenvalue weighted by molar-refractivity contribution is 6.29. The number of hydrogen-bond donors (Lipinski definition) is 1. The Hall–Kier alpha value is -1.82. The third kappa shape index (κ3) is 2.35. The molecule has 0 radical (unpaired) electrons. The molecule has 2 N–H and O–H groups in total. The highest BCUT2D eigenvalue weighted by Gasteiger charge is 2.29. The first-order chi connectivity index (χ1) is 9.13. The Kier molecular flexibility index (Phi) is 3.02. The molecule has 0 spiro atoms. The van der Waals surface area contributed by atoms with E-state index in [1.807, 2.05) is 13.0 Å². The topological polar surface area (TPSA) is 81.1 Å². The second-order valence-electron chi connectivity index (χ2n) is 4.62. The van der Waals surface area contributed by atoms with E-state index in [1.54, 1.807) is 6.07 Å². The number of nitrogens with two attached hydrogens (primary N) is 1. The van der Waals surface area contributed by atoms with E-state index in [0.717, 1.165) is 36.7 Å². The molecule has 1 fully saturated rings. The van der Waals surface area contributed by atoms with Crippen LogP contribution in [0.5, 0.6) is 0 Å². The lowest BCUT2D eigenvalue weighted by Crippen LogP contribution is -2.24. The number of rotatable bonds is 2. The molecular formula is C12H14ClN5O. The minimum atomic E-state index is 0.155. The van der Waals surface area contributed by atoms with Crippen molar-refractivity contribution in [2.24, 2.45) is 0 Å². The molecule has 2 aromatic rings. The summed E-state index contributed by atoms with van der Waals surface area (Å²) in [5.41, 5.74) is 6.57. The summed E-state index contributed by atoms with van der Waals surface area (Å²) in [6, 6.07) is 3.83. The van der Waals surface area contributed by atoms with Gasteiger partial charge in [-0.2, -0.15) is 4.98 Å². The maximum Gasteiger partial charge on any atom is 0.223 e. The fraction of sp³-hybridized carbons (Fsp3) is 0.417. The molecule has 2 aromatic heterocycles. The third-order valence-electron chi connectivity index (χ3n) is 3.23. The first-order valence-corrected chi connectivity index (χ1v) is 6.51. The first kappa shape index (κ1) is 12.2. The largest absolute Gasteiger partial charge is 0.368 e. The van der Waals surface area contributed by atoms with E-state index in [9.17, 15) is 0 Å². The van der Waals surface area contributed by atoms with Crippen LogP contribution >= 0.6 is 11.6 Å². The average molecular weight is 280 g/mol. The second kappa shape index (κ2) is 4.70. The molecule has 6 nitrogen and oxygen atoms in total. The minimum Gasteiger partial charge on any atom is -0.368 e. The number of nitrogen functional groups attached to an aromatic ring is 1. The van der Waals surface area contributed by atoms with Gasteiger partial charge < -0.3 is 15.2 Å². The third-order valence-corrected chi connectivity index (χ3v) is 3.43. The Morgan fingerprint density at radius 1 is 1.42 bits per heavy atom. The van der Waals surface area contributed by atoms with Crippen molar-refractivity contribution in [1.82, 2.24) is 15.1 Å². The summed E-state index contributed by atoms with van der Waals surface area (Å²) in [6.45, 7) is 2.78. The molecule has 19 heavy (non-hydrogen) atoms. The van der Waals surface area contributed by atoms with E-state index in [0.29, 0.717) is 5.15 Å². The fourth-order valence-electron chi connectivity index (χ4n) is 2.46. The van der Waals surface area contributed by atoms with Gasteiger partial charge in [0, 0.05) is 18.7 Å². The molecule has 1 saturated heterocycles. The zero-order valence-electron chi connectivity index (χ0n) is 10.5. The van der Waals surface area contributed by atoms with Crippen LogP contribution in [0, 0.1) is 6.92 Å². The molecule has 3 rings (SSSR count). The van der Waals surface area contributed by atoms with Gasteiger partial charge in [-0.25, -0.2) is 4.98 Å². The van der Waals surface area contributed by atoms with Crippen LogP contribution in [0.2, 0.25) is 5.15 Å².